The quantitative estimate of drug-likeness (QED) is 0.820. The van der Waals surface area contributed by atoms with E-state index in [2.05, 4.69) is 10.3 Å². The van der Waals surface area contributed by atoms with Gasteiger partial charge in [-0.05, 0) is 31.1 Å². The first kappa shape index (κ1) is 17.9. The van der Waals surface area contributed by atoms with Gasteiger partial charge in [0.1, 0.15) is 0 Å². The number of thiazole rings is 1. The molecule has 0 aliphatic heterocycles. The highest BCUT2D eigenvalue weighted by atomic mass is 32.1. The van der Waals surface area contributed by atoms with E-state index in [1.165, 1.54) is 22.3 Å². The van der Waals surface area contributed by atoms with E-state index in [0.29, 0.717) is 0 Å². The molecule has 0 spiro atoms. The van der Waals surface area contributed by atoms with Gasteiger partial charge in [0, 0.05) is 24.2 Å². The Morgan fingerprint density at radius 2 is 2.08 bits per heavy atom. The number of carbonyl (C=O) groups is 2. The number of nitrogens with zero attached hydrogens (tertiary/aromatic N) is 2. The third-order valence-electron chi connectivity index (χ3n) is 3.46. The van der Waals surface area contributed by atoms with Crippen molar-refractivity contribution in [3.8, 4) is 0 Å². The molecule has 1 aromatic carbocycles. The van der Waals surface area contributed by atoms with Gasteiger partial charge >= 0.3 is 0 Å². The fourth-order valence-corrected chi connectivity index (χ4v) is 2.75. The van der Waals surface area contributed by atoms with Crippen LogP contribution in [0.25, 0.3) is 6.08 Å². The minimum atomic E-state index is -0.237. The normalized spacial score (nSPS) is 10.8. The van der Waals surface area contributed by atoms with Crippen LogP contribution in [0.15, 0.2) is 35.7 Å². The van der Waals surface area contributed by atoms with Crippen molar-refractivity contribution in [1.82, 2.24) is 9.88 Å². The van der Waals surface area contributed by atoms with E-state index in [9.17, 15) is 9.59 Å². The Bertz CT molecular complexity index is 752. The number of benzene rings is 1. The minimum Gasteiger partial charge on any atom is -0.333 e. The molecule has 0 aliphatic rings. The molecule has 126 valence electrons. The number of hydrogen-bond donors (Lipinski definition) is 1. The molecule has 2 amide bonds. The van der Waals surface area contributed by atoms with Crippen molar-refractivity contribution in [3.05, 3.63) is 52.0 Å². The summed E-state index contributed by atoms with van der Waals surface area (Å²) in [5, 5.41) is 5.69. The molecule has 1 N–H and O–H groups in total. The van der Waals surface area contributed by atoms with Gasteiger partial charge in [-0.2, -0.15) is 0 Å². The van der Waals surface area contributed by atoms with E-state index in [1.807, 2.05) is 43.5 Å². The van der Waals surface area contributed by atoms with Crippen LogP contribution in [-0.4, -0.2) is 35.3 Å². The summed E-state index contributed by atoms with van der Waals surface area (Å²) in [6.07, 6.45) is 3.93. The molecule has 5 nitrogen and oxygen atoms in total. The number of likely N-dealkylation sites (N-methyl/N-ethyl adjacent to an activating group) is 1. The second-order valence-electron chi connectivity index (χ2n) is 5.38. The van der Waals surface area contributed by atoms with Crippen LogP contribution in [0.5, 0.6) is 0 Å². The molecule has 2 aromatic rings. The standard InChI is InChI=1S/C18H21N3O2S/c1-4-14-7-5-6-8-16(14)20-17(22)11-21(3)18(23)10-9-15-12-24-13(2)19-15/h5-10,12H,4,11H2,1-3H3,(H,20,22)/b10-9+. The maximum absolute atomic E-state index is 12.1. The van der Waals surface area contributed by atoms with Crippen LogP contribution in [0.2, 0.25) is 0 Å². The van der Waals surface area contributed by atoms with Crippen molar-refractivity contribution < 1.29 is 9.59 Å². The fourth-order valence-electron chi connectivity index (χ4n) is 2.17. The first-order chi connectivity index (χ1) is 11.5. The smallest absolute Gasteiger partial charge is 0.246 e. The number of nitrogens with one attached hydrogen (secondary N) is 1. The molecule has 0 saturated heterocycles. The van der Waals surface area contributed by atoms with Crippen molar-refractivity contribution in [3.63, 3.8) is 0 Å². The Morgan fingerprint density at radius 1 is 1.33 bits per heavy atom. The predicted molar refractivity (Wildman–Crippen MR) is 98.0 cm³/mol. The Kier molecular flexibility index (Phi) is 6.26. The van der Waals surface area contributed by atoms with Crippen LogP contribution in [0.4, 0.5) is 5.69 Å². The molecule has 2 rings (SSSR count). The van der Waals surface area contributed by atoms with Crippen molar-refractivity contribution in [2.24, 2.45) is 0 Å². The van der Waals surface area contributed by atoms with Crippen LogP contribution >= 0.6 is 11.3 Å². The number of rotatable bonds is 6. The summed E-state index contributed by atoms with van der Waals surface area (Å²) >= 11 is 1.53. The van der Waals surface area contributed by atoms with Gasteiger partial charge in [-0.15, -0.1) is 11.3 Å². The summed E-state index contributed by atoms with van der Waals surface area (Å²) in [6, 6.07) is 7.66. The Labute approximate surface area is 146 Å². The fraction of sp³-hybridized carbons (Fsp3) is 0.278. The van der Waals surface area contributed by atoms with Crippen molar-refractivity contribution >= 4 is 34.9 Å². The summed E-state index contributed by atoms with van der Waals surface area (Å²) in [5.74, 6) is -0.454. The van der Waals surface area contributed by atoms with Gasteiger partial charge in [0.05, 0.1) is 17.2 Å². The van der Waals surface area contributed by atoms with Crippen LogP contribution < -0.4 is 5.32 Å². The lowest BCUT2D eigenvalue weighted by atomic mass is 10.1. The number of hydrogen-bond acceptors (Lipinski definition) is 4. The van der Waals surface area contributed by atoms with E-state index in [4.69, 9.17) is 0 Å². The highest BCUT2D eigenvalue weighted by Gasteiger charge is 2.12. The predicted octanol–water partition coefficient (Wildman–Crippen LogP) is 3.12. The second-order valence-corrected chi connectivity index (χ2v) is 6.44. The van der Waals surface area contributed by atoms with Gasteiger partial charge in [0.2, 0.25) is 11.8 Å². The SMILES string of the molecule is CCc1ccccc1NC(=O)CN(C)C(=O)/C=C/c1csc(C)n1. The summed E-state index contributed by atoms with van der Waals surface area (Å²) < 4.78 is 0. The largest absolute Gasteiger partial charge is 0.333 e. The third kappa shape index (κ3) is 5.03. The van der Waals surface area contributed by atoms with Crippen molar-refractivity contribution in [2.45, 2.75) is 20.3 Å². The monoisotopic (exact) mass is 343 g/mol. The van der Waals surface area contributed by atoms with E-state index in [1.54, 1.807) is 13.1 Å². The minimum absolute atomic E-state index is 0.00266. The summed E-state index contributed by atoms with van der Waals surface area (Å²) in [4.78, 5) is 29.8. The zero-order valence-corrected chi connectivity index (χ0v) is 14.9. The average Bonchev–Trinajstić information content (AvgIpc) is 2.98. The van der Waals surface area contributed by atoms with E-state index in [0.717, 1.165) is 28.4 Å². The Balaban J connectivity index is 1.91. The van der Waals surface area contributed by atoms with Gasteiger partial charge in [0.25, 0.3) is 0 Å². The zero-order valence-electron chi connectivity index (χ0n) is 14.1. The molecule has 1 aromatic heterocycles. The van der Waals surface area contributed by atoms with Crippen LogP contribution in [0.1, 0.15) is 23.2 Å². The van der Waals surface area contributed by atoms with Crippen LogP contribution in [0, 0.1) is 6.92 Å². The van der Waals surface area contributed by atoms with Crippen LogP contribution in [0.3, 0.4) is 0 Å². The van der Waals surface area contributed by atoms with Crippen LogP contribution in [-0.2, 0) is 16.0 Å². The van der Waals surface area contributed by atoms with Gasteiger partial charge in [-0.1, -0.05) is 25.1 Å². The molecule has 6 heteroatoms. The molecule has 1 heterocycles. The van der Waals surface area contributed by atoms with Gasteiger partial charge < -0.3 is 10.2 Å². The maximum atomic E-state index is 12.1. The molecular weight excluding hydrogens is 322 g/mol. The highest BCUT2D eigenvalue weighted by Crippen LogP contribution is 2.15. The molecule has 0 saturated carbocycles. The Hall–Kier alpha value is -2.47. The molecule has 0 atom stereocenters. The molecule has 0 aliphatic carbocycles. The topological polar surface area (TPSA) is 62.3 Å². The molecular formula is C18H21N3O2S. The number of carbonyl (C=O) groups excluding carboxylic acids is 2. The summed E-state index contributed by atoms with van der Waals surface area (Å²) in [5.41, 5.74) is 2.61. The third-order valence-corrected chi connectivity index (χ3v) is 4.25. The summed E-state index contributed by atoms with van der Waals surface area (Å²) in [7, 11) is 1.60. The van der Waals surface area contributed by atoms with Crippen molar-refractivity contribution in [2.75, 3.05) is 18.9 Å². The molecule has 0 unspecified atom stereocenters. The maximum Gasteiger partial charge on any atom is 0.246 e. The Morgan fingerprint density at radius 3 is 2.75 bits per heavy atom. The summed E-state index contributed by atoms with van der Waals surface area (Å²) in [6.45, 7) is 3.94. The number of aromatic nitrogens is 1. The second kappa shape index (κ2) is 8.40. The number of para-hydroxylation sites is 1. The molecule has 0 bridgehead atoms. The number of aryl methyl sites for hydroxylation is 2. The lowest BCUT2D eigenvalue weighted by Crippen LogP contribution is -2.34. The first-order valence-corrected chi connectivity index (χ1v) is 8.60. The molecule has 0 radical (unpaired) electrons. The lowest BCUT2D eigenvalue weighted by molar-refractivity contribution is -0.129. The highest BCUT2D eigenvalue weighted by molar-refractivity contribution is 7.09. The van der Waals surface area contributed by atoms with E-state index >= 15 is 0 Å². The molecule has 0 fully saturated rings. The number of amides is 2. The van der Waals surface area contributed by atoms with E-state index in [-0.39, 0.29) is 18.4 Å². The van der Waals surface area contributed by atoms with Gasteiger partial charge in [-0.3, -0.25) is 9.59 Å². The average molecular weight is 343 g/mol. The zero-order chi connectivity index (χ0) is 17.5. The van der Waals surface area contributed by atoms with Gasteiger partial charge in [0.15, 0.2) is 0 Å². The van der Waals surface area contributed by atoms with E-state index < -0.39 is 0 Å². The first-order valence-electron chi connectivity index (χ1n) is 7.72. The van der Waals surface area contributed by atoms with Gasteiger partial charge in [-0.25, -0.2) is 4.98 Å². The lowest BCUT2D eigenvalue weighted by Gasteiger charge is -2.16. The molecule has 24 heavy (non-hydrogen) atoms. The van der Waals surface area contributed by atoms with Crippen molar-refractivity contribution in [1.29, 1.82) is 0 Å². The number of anilines is 1.